The Kier molecular flexibility index (Phi) is 5.92. The van der Waals surface area contributed by atoms with Crippen molar-refractivity contribution in [1.82, 2.24) is 0 Å². The number of hydrogen-bond donors (Lipinski definition) is 0. The van der Waals surface area contributed by atoms with Crippen molar-refractivity contribution < 1.29 is 44.9 Å². The van der Waals surface area contributed by atoms with E-state index in [0.29, 0.717) is 4.48 Å². The Bertz CT molecular complexity index is 341. The van der Waals surface area contributed by atoms with Gasteiger partial charge < -0.3 is 18.4 Å². The van der Waals surface area contributed by atoms with Crippen molar-refractivity contribution in [3.63, 3.8) is 0 Å². The molecule has 0 saturated carbocycles. The third-order valence-electron chi connectivity index (χ3n) is 1.83. The van der Waals surface area contributed by atoms with Crippen LogP contribution in [-0.4, -0.2) is 57.5 Å². The van der Waals surface area contributed by atoms with E-state index in [1.807, 2.05) is 0 Å². The van der Waals surface area contributed by atoms with Crippen molar-refractivity contribution in [3.8, 4) is 0 Å². The zero-order valence-corrected chi connectivity index (χ0v) is 11.4. The number of alkyl halides is 5. The summed E-state index contributed by atoms with van der Waals surface area (Å²) in [5.74, 6) is -5.25. The lowest BCUT2D eigenvalue weighted by Gasteiger charge is -2.28. The highest BCUT2D eigenvalue weighted by atomic mass is 31.2. The Morgan fingerprint density at radius 1 is 1.11 bits per heavy atom. The van der Waals surface area contributed by atoms with Crippen LogP contribution in [0.3, 0.4) is 0 Å². The van der Waals surface area contributed by atoms with Crippen LogP contribution in [0.15, 0.2) is 0 Å². The van der Waals surface area contributed by atoms with Gasteiger partial charge in [0.05, 0.1) is 21.1 Å². The first-order valence-corrected chi connectivity index (χ1v) is 6.47. The number of rotatable bonds is 7. The van der Waals surface area contributed by atoms with Crippen molar-refractivity contribution in [2.45, 2.75) is 12.1 Å². The third-order valence-corrected chi connectivity index (χ3v) is 2.77. The number of quaternary nitrogens is 1. The fraction of sp³-hybridized carbons (Fsp3) is 1.00. The van der Waals surface area contributed by atoms with E-state index < -0.39 is 26.5 Å². The van der Waals surface area contributed by atoms with E-state index >= 15 is 0 Å². The fourth-order valence-corrected chi connectivity index (χ4v) is 1.41. The zero-order chi connectivity index (χ0) is 15.5. The molecule has 0 amide bonds. The number of phosphoric acid groups is 1. The van der Waals surface area contributed by atoms with Crippen molar-refractivity contribution in [2.75, 3.05) is 40.9 Å². The largest absolute Gasteiger partial charge is 0.756 e. The molecule has 0 heterocycles. The van der Waals surface area contributed by atoms with Crippen molar-refractivity contribution in [1.29, 1.82) is 0 Å². The summed E-state index contributed by atoms with van der Waals surface area (Å²) in [6.07, 6.45) is -5.88. The summed E-state index contributed by atoms with van der Waals surface area (Å²) in [4.78, 5) is 11.0. The Morgan fingerprint density at radius 3 is 1.95 bits per heavy atom. The van der Waals surface area contributed by atoms with Gasteiger partial charge in [-0.2, -0.15) is 22.0 Å². The standard InChI is InChI=1S/C8H15F5NO4P/c1-14(2,3)4-5-17-19(15,16)18-6-7(9,10)8(11,12)13/h4-6H2,1-3H3. The average Bonchev–Trinajstić information content (AvgIpc) is 2.10. The Balaban J connectivity index is 4.29. The van der Waals surface area contributed by atoms with Crippen LogP contribution in [-0.2, 0) is 13.6 Å². The molecular formula is C8H15F5NO4P. The van der Waals surface area contributed by atoms with Gasteiger partial charge in [0.15, 0.2) is 0 Å². The number of hydrogen-bond acceptors (Lipinski definition) is 4. The van der Waals surface area contributed by atoms with Crippen molar-refractivity contribution in [2.24, 2.45) is 0 Å². The summed E-state index contributed by atoms with van der Waals surface area (Å²) in [5, 5.41) is 0. The summed E-state index contributed by atoms with van der Waals surface area (Å²) < 4.78 is 79.1. The molecule has 0 aliphatic carbocycles. The highest BCUT2D eigenvalue weighted by Crippen LogP contribution is 2.43. The highest BCUT2D eigenvalue weighted by Gasteiger charge is 2.58. The first-order valence-electron chi connectivity index (χ1n) is 5.01. The first-order chi connectivity index (χ1) is 8.16. The smallest absolute Gasteiger partial charge is 0.455 e. The van der Waals surface area contributed by atoms with Gasteiger partial charge >= 0.3 is 12.1 Å². The van der Waals surface area contributed by atoms with Gasteiger partial charge in [0, 0.05) is 0 Å². The molecule has 0 N–H and O–H groups in total. The molecule has 0 bridgehead atoms. The van der Waals surface area contributed by atoms with E-state index in [2.05, 4.69) is 9.05 Å². The summed E-state index contributed by atoms with van der Waals surface area (Å²) in [6, 6.07) is 0. The second-order valence-corrected chi connectivity index (χ2v) is 6.18. The molecular weight excluding hydrogens is 300 g/mol. The summed E-state index contributed by atoms with van der Waals surface area (Å²) in [5.41, 5.74) is 0. The minimum absolute atomic E-state index is 0.200. The van der Waals surface area contributed by atoms with Crippen LogP contribution in [0.1, 0.15) is 0 Å². The normalized spacial score (nSPS) is 17.3. The number of likely N-dealkylation sites (N-methyl/N-ethyl adjacent to an activating group) is 1. The summed E-state index contributed by atoms with van der Waals surface area (Å²) in [6.45, 7) is -2.52. The SMILES string of the molecule is C[N+](C)(C)CCOP(=O)([O-])OCC(F)(F)C(F)(F)F. The molecule has 0 rings (SSSR count). The van der Waals surface area contributed by atoms with E-state index in [1.165, 1.54) is 0 Å². The molecule has 0 saturated heterocycles. The van der Waals surface area contributed by atoms with Gasteiger partial charge in [-0.15, -0.1) is 0 Å². The van der Waals surface area contributed by atoms with Crippen LogP contribution < -0.4 is 4.89 Å². The molecule has 5 nitrogen and oxygen atoms in total. The van der Waals surface area contributed by atoms with E-state index in [0.717, 1.165) is 0 Å². The molecule has 0 fully saturated rings. The number of nitrogens with zero attached hydrogens (tertiary/aromatic N) is 1. The van der Waals surface area contributed by atoms with E-state index in [4.69, 9.17) is 0 Å². The maximum absolute atomic E-state index is 12.4. The monoisotopic (exact) mass is 315 g/mol. The number of halogens is 5. The molecule has 0 radical (unpaired) electrons. The lowest BCUT2D eigenvalue weighted by atomic mass is 10.3. The second-order valence-electron chi connectivity index (χ2n) is 4.77. The molecule has 0 aromatic carbocycles. The Labute approximate surface area is 107 Å². The van der Waals surface area contributed by atoms with Crippen LogP contribution in [0, 0.1) is 0 Å². The molecule has 0 aromatic heterocycles. The van der Waals surface area contributed by atoms with Crippen LogP contribution >= 0.6 is 7.82 Å². The average molecular weight is 315 g/mol. The van der Waals surface area contributed by atoms with Gasteiger partial charge in [-0.1, -0.05) is 0 Å². The molecule has 0 spiro atoms. The molecule has 0 aliphatic heterocycles. The van der Waals surface area contributed by atoms with E-state index in [9.17, 15) is 31.4 Å². The maximum Gasteiger partial charge on any atom is 0.455 e. The van der Waals surface area contributed by atoms with Crippen LogP contribution in [0.5, 0.6) is 0 Å². The van der Waals surface area contributed by atoms with E-state index in [-0.39, 0.29) is 13.2 Å². The molecule has 0 aliphatic rings. The molecule has 1 unspecified atom stereocenters. The van der Waals surface area contributed by atoms with Gasteiger partial charge in [0.25, 0.3) is 7.82 Å². The number of phosphoric ester groups is 1. The lowest BCUT2D eigenvalue weighted by molar-refractivity contribution is -0.870. The lowest BCUT2D eigenvalue weighted by Crippen LogP contribution is -2.41. The van der Waals surface area contributed by atoms with E-state index in [1.54, 1.807) is 21.1 Å². The molecule has 0 aromatic rings. The topological polar surface area (TPSA) is 58.6 Å². The zero-order valence-electron chi connectivity index (χ0n) is 10.5. The predicted molar refractivity (Wildman–Crippen MR) is 53.4 cm³/mol. The van der Waals surface area contributed by atoms with Gasteiger partial charge in [0.1, 0.15) is 19.8 Å². The first kappa shape index (κ1) is 18.7. The van der Waals surface area contributed by atoms with Crippen LogP contribution in [0.4, 0.5) is 22.0 Å². The summed E-state index contributed by atoms with van der Waals surface area (Å²) in [7, 11) is -0.0663. The molecule has 116 valence electrons. The van der Waals surface area contributed by atoms with Crippen molar-refractivity contribution in [3.05, 3.63) is 0 Å². The minimum atomic E-state index is -5.88. The Morgan fingerprint density at radius 2 is 1.58 bits per heavy atom. The van der Waals surface area contributed by atoms with Gasteiger partial charge in [0.2, 0.25) is 0 Å². The minimum Gasteiger partial charge on any atom is -0.756 e. The molecule has 1 atom stereocenters. The van der Waals surface area contributed by atoms with Crippen LogP contribution in [0.2, 0.25) is 0 Å². The fourth-order valence-electron chi connectivity index (χ4n) is 0.706. The predicted octanol–water partition coefficient (Wildman–Crippen LogP) is 1.39. The quantitative estimate of drug-likeness (QED) is 0.405. The third kappa shape index (κ3) is 7.78. The van der Waals surface area contributed by atoms with Gasteiger partial charge in [-0.3, -0.25) is 4.57 Å². The van der Waals surface area contributed by atoms with Gasteiger partial charge in [-0.25, -0.2) is 0 Å². The van der Waals surface area contributed by atoms with Crippen LogP contribution in [0.25, 0.3) is 0 Å². The highest BCUT2D eigenvalue weighted by molar-refractivity contribution is 7.45. The Hall–Kier alpha value is -0.280. The second kappa shape index (κ2) is 6.01. The summed E-state index contributed by atoms with van der Waals surface area (Å²) >= 11 is 0. The maximum atomic E-state index is 12.4. The molecule has 11 heteroatoms. The molecule has 19 heavy (non-hydrogen) atoms. The van der Waals surface area contributed by atoms with Crippen molar-refractivity contribution >= 4 is 7.82 Å². The van der Waals surface area contributed by atoms with Gasteiger partial charge in [-0.05, 0) is 0 Å².